The number of hydrogen-bond donors (Lipinski definition) is 2. The van der Waals surface area contributed by atoms with Crippen molar-refractivity contribution in [2.75, 3.05) is 11.1 Å². The number of halogens is 2. The molecule has 0 spiro atoms. The number of hydrogen-bond acceptors (Lipinski definition) is 5. The highest BCUT2D eigenvalue weighted by atomic mass is 35.5. The van der Waals surface area contributed by atoms with Crippen LogP contribution in [0.1, 0.15) is 48.6 Å². The van der Waals surface area contributed by atoms with Crippen molar-refractivity contribution >= 4 is 52.5 Å². The molecule has 0 bridgehead atoms. The Morgan fingerprint density at radius 2 is 1.76 bits per heavy atom. The fraction of sp³-hybridized carbons (Fsp3) is 0.333. The average Bonchev–Trinajstić information content (AvgIpc) is 3.17. The van der Waals surface area contributed by atoms with Gasteiger partial charge in [0.25, 0.3) is 5.91 Å². The summed E-state index contributed by atoms with van der Waals surface area (Å²) in [5.74, 6) is 0.405. The van der Waals surface area contributed by atoms with Crippen LogP contribution in [-0.2, 0) is 18.3 Å². The van der Waals surface area contributed by atoms with Crippen LogP contribution in [0, 0.1) is 5.92 Å². The minimum atomic E-state index is -0.389. The number of nitrogens with one attached hydrogen (secondary N) is 2. The summed E-state index contributed by atoms with van der Waals surface area (Å²) in [5.41, 5.74) is 2.37. The zero-order valence-electron chi connectivity index (χ0n) is 19.4. The lowest BCUT2D eigenvalue weighted by molar-refractivity contribution is -0.113. The third-order valence-electron chi connectivity index (χ3n) is 5.26. The maximum absolute atomic E-state index is 12.8. The number of benzene rings is 2. The number of nitrogens with zero attached hydrogens (tertiary/aromatic N) is 3. The summed E-state index contributed by atoms with van der Waals surface area (Å²) >= 11 is 13.3. The maximum atomic E-state index is 12.8. The molecule has 7 nitrogen and oxygen atoms in total. The number of thioether (sulfide) groups is 1. The van der Waals surface area contributed by atoms with Gasteiger partial charge in [-0.3, -0.25) is 9.59 Å². The molecule has 0 aliphatic heterocycles. The van der Waals surface area contributed by atoms with Crippen LogP contribution < -0.4 is 10.6 Å². The van der Waals surface area contributed by atoms with E-state index in [-0.39, 0.29) is 29.5 Å². The lowest BCUT2D eigenvalue weighted by Gasteiger charge is -2.22. The van der Waals surface area contributed by atoms with Gasteiger partial charge in [-0.15, -0.1) is 10.2 Å². The van der Waals surface area contributed by atoms with Gasteiger partial charge in [0.2, 0.25) is 5.91 Å². The van der Waals surface area contributed by atoms with E-state index in [0.29, 0.717) is 26.6 Å². The Morgan fingerprint density at radius 3 is 2.38 bits per heavy atom. The minimum Gasteiger partial charge on any atom is -0.342 e. The molecule has 1 atom stereocenters. The van der Waals surface area contributed by atoms with E-state index in [1.807, 2.05) is 45.2 Å². The molecule has 0 saturated heterocycles. The summed E-state index contributed by atoms with van der Waals surface area (Å²) in [4.78, 5) is 25.2. The zero-order valence-corrected chi connectivity index (χ0v) is 21.8. The molecular weight excluding hydrogens is 493 g/mol. The molecule has 3 rings (SSSR count). The van der Waals surface area contributed by atoms with Crippen LogP contribution in [0.5, 0.6) is 0 Å². The first kappa shape index (κ1) is 26.1. The van der Waals surface area contributed by atoms with Crippen molar-refractivity contribution in [3.63, 3.8) is 0 Å². The number of carbonyl (C=O) groups excluding carboxylic acids is 2. The van der Waals surface area contributed by atoms with Crippen molar-refractivity contribution in [1.29, 1.82) is 0 Å². The average molecular weight is 520 g/mol. The predicted octanol–water partition coefficient (Wildman–Crippen LogP) is 5.54. The molecule has 0 fully saturated rings. The summed E-state index contributed by atoms with van der Waals surface area (Å²) < 4.78 is 1.80. The molecule has 0 unspecified atom stereocenters. The minimum absolute atomic E-state index is 0.0434. The topological polar surface area (TPSA) is 88.9 Å². The van der Waals surface area contributed by atoms with Gasteiger partial charge in [-0.1, -0.05) is 67.9 Å². The summed E-state index contributed by atoms with van der Waals surface area (Å²) in [6.45, 7) is 6.05. The van der Waals surface area contributed by atoms with E-state index in [1.54, 1.807) is 16.7 Å². The summed E-state index contributed by atoms with van der Waals surface area (Å²) in [6, 6.07) is 12.1. The molecule has 3 aromatic rings. The first-order valence-electron chi connectivity index (χ1n) is 10.9. The van der Waals surface area contributed by atoms with Crippen molar-refractivity contribution < 1.29 is 9.59 Å². The normalized spacial score (nSPS) is 12.0. The van der Waals surface area contributed by atoms with Gasteiger partial charge in [-0.25, -0.2) is 0 Å². The van der Waals surface area contributed by atoms with Crippen molar-refractivity contribution in [2.24, 2.45) is 13.0 Å². The molecule has 0 aliphatic carbocycles. The van der Waals surface area contributed by atoms with Crippen molar-refractivity contribution in [2.45, 2.75) is 38.4 Å². The predicted molar refractivity (Wildman–Crippen MR) is 138 cm³/mol. The van der Waals surface area contributed by atoms with Crippen LogP contribution in [0.15, 0.2) is 47.6 Å². The van der Waals surface area contributed by atoms with Gasteiger partial charge in [0.05, 0.1) is 21.8 Å². The molecule has 34 heavy (non-hydrogen) atoms. The van der Waals surface area contributed by atoms with Gasteiger partial charge in [0.1, 0.15) is 0 Å². The molecule has 0 saturated carbocycles. The largest absolute Gasteiger partial charge is 0.342 e. The highest BCUT2D eigenvalue weighted by molar-refractivity contribution is 7.99. The first-order chi connectivity index (χ1) is 16.2. The molecule has 180 valence electrons. The SMILES string of the molecule is CCc1ccc(NC(=O)CSc2nnc([C@@H](NC(=O)c3ccc(Cl)c(Cl)c3)C(C)C)n2C)cc1. The summed E-state index contributed by atoms with van der Waals surface area (Å²) in [6.07, 6.45) is 0.948. The van der Waals surface area contributed by atoms with Gasteiger partial charge in [-0.2, -0.15) is 0 Å². The molecule has 2 N–H and O–H groups in total. The number of amides is 2. The molecule has 1 aromatic heterocycles. The first-order valence-corrected chi connectivity index (χ1v) is 12.6. The van der Waals surface area contributed by atoms with E-state index >= 15 is 0 Å². The van der Waals surface area contributed by atoms with Crippen LogP contribution in [-0.4, -0.2) is 32.3 Å². The monoisotopic (exact) mass is 519 g/mol. The Hall–Kier alpha value is -2.55. The Balaban J connectivity index is 1.65. The molecule has 2 aromatic carbocycles. The maximum Gasteiger partial charge on any atom is 0.251 e. The third kappa shape index (κ3) is 6.52. The standard InChI is InChI=1S/C24H27Cl2N5O2S/c1-5-15-6-9-17(10-7-15)27-20(32)13-34-24-30-29-22(31(24)4)21(14(2)3)28-23(33)16-8-11-18(25)19(26)12-16/h6-12,14,21H,5,13H2,1-4H3,(H,27,32)(H,28,33)/t21-/m0/s1. The third-order valence-corrected chi connectivity index (χ3v) is 7.02. The van der Waals surface area contributed by atoms with E-state index in [0.717, 1.165) is 12.1 Å². The molecular formula is C24H27Cl2N5O2S. The van der Waals surface area contributed by atoms with E-state index in [1.165, 1.54) is 23.4 Å². The quantitative estimate of drug-likeness (QED) is 0.362. The number of anilines is 1. The van der Waals surface area contributed by atoms with Crippen LogP contribution >= 0.6 is 35.0 Å². The Morgan fingerprint density at radius 1 is 1.06 bits per heavy atom. The van der Waals surface area contributed by atoms with Crippen LogP contribution in [0.4, 0.5) is 5.69 Å². The van der Waals surface area contributed by atoms with Crippen molar-refractivity contribution in [3.05, 3.63) is 69.5 Å². The van der Waals surface area contributed by atoms with Crippen molar-refractivity contribution in [3.8, 4) is 0 Å². The van der Waals surface area contributed by atoms with Gasteiger partial charge in [0.15, 0.2) is 11.0 Å². The van der Waals surface area contributed by atoms with Crippen LogP contribution in [0.25, 0.3) is 0 Å². The van der Waals surface area contributed by atoms with Gasteiger partial charge >= 0.3 is 0 Å². The smallest absolute Gasteiger partial charge is 0.251 e. The van der Waals surface area contributed by atoms with Crippen LogP contribution in [0.3, 0.4) is 0 Å². The van der Waals surface area contributed by atoms with E-state index in [9.17, 15) is 9.59 Å². The van der Waals surface area contributed by atoms with Gasteiger partial charge < -0.3 is 15.2 Å². The fourth-order valence-corrected chi connectivity index (χ4v) is 4.28. The number of aryl methyl sites for hydroxylation is 1. The fourth-order valence-electron chi connectivity index (χ4n) is 3.26. The highest BCUT2D eigenvalue weighted by Gasteiger charge is 2.25. The molecule has 0 aliphatic rings. The molecule has 1 heterocycles. The lowest BCUT2D eigenvalue weighted by Crippen LogP contribution is -2.33. The molecule has 0 radical (unpaired) electrons. The second-order valence-corrected chi connectivity index (χ2v) is 9.87. The molecule has 10 heteroatoms. The number of rotatable bonds is 9. The Labute approximate surface area is 213 Å². The number of carbonyl (C=O) groups is 2. The molecule has 2 amide bonds. The lowest BCUT2D eigenvalue weighted by atomic mass is 10.0. The van der Waals surface area contributed by atoms with E-state index < -0.39 is 0 Å². The van der Waals surface area contributed by atoms with E-state index in [2.05, 4.69) is 27.8 Å². The van der Waals surface area contributed by atoms with Crippen molar-refractivity contribution in [1.82, 2.24) is 20.1 Å². The Kier molecular flexibility index (Phi) is 8.99. The van der Waals surface area contributed by atoms with E-state index in [4.69, 9.17) is 23.2 Å². The van der Waals surface area contributed by atoms with Gasteiger partial charge in [0, 0.05) is 18.3 Å². The second kappa shape index (κ2) is 11.7. The summed E-state index contributed by atoms with van der Waals surface area (Å²) in [5, 5.41) is 15.7. The Bertz CT molecular complexity index is 1160. The van der Waals surface area contributed by atoms with Crippen LogP contribution in [0.2, 0.25) is 10.0 Å². The van der Waals surface area contributed by atoms with Gasteiger partial charge in [-0.05, 0) is 48.2 Å². The number of aromatic nitrogens is 3. The highest BCUT2D eigenvalue weighted by Crippen LogP contribution is 2.26. The second-order valence-electron chi connectivity index (χ2n) is 8.11. The zero-order chi connectivity index (χ0) is 24.8. The summed E-state index contributed by atoms with van der Waals surface area (Å²) in [7, 11) is 1.82.